The standard InChI is InChI=1S/C25H35N3O2S/c1-19(26-25(29)20-9-4-3-5-10-20)24(23-13-8-18-31-23)28-16-14-27(15-17-28)21-11-6-7-12-22(21)30-2/h6-8,11-13,18-20,24H,3-5,9-10,14-17H2,1-2H3,(H,26,29)/t19-,24+/m0/s1. The predicted octanol–water partition coefficient (Wildman–Crippen LogP) is 4.71. The topological polar surface area (TPSA) is 44.8 Å². The Labute approximate surface area is 190 Å². The van der Waals surface area contributed by atoms with Crippen LogP contribution in [-0.2, 0) is 4.79 Å². The largest absolute Gasteiger partial charge is 0.495 e. The van der Waals surface area contributed by atoms with Crippen LogP contribution in [0.1, 0.15) is 49.9 Å². The number of benzene rings is 1. The first kappa shape index (κ1) is 22.2. The van der Waals surface area contributed by atoms with Gasteiger partial charge in [-0.25, -0.2) is 0 Å². The molecule has 0 spiro atoms. The summed E-state index contributed by atoms with van der Waals surface area (Å²) < 4.78 is 5.57. The second-order valence-electron chi connectivity index (χ2n) is 8.79. The van der Waals surface area contributed by atoms with Crippen LogP contribution in [-0.4, -0.2) is 50.1 Å². The Bertz CT molecular complexity index is 827. The molecule has 6 heteroatoms. The molecule has 1 saturated heterocycles. The summed E-state index contributed by atoms with van der Waals surface area (Å²) in [6.07, 6.45) is 5.73. The van der Waals surface area contributed by atoms with Crippen LogP contribution >= 0.6 is 11.3 Å². The minimum Gasteiger partial charge on any atom is -0.495 e. The Morgan fingerprint density at radius 3 is 2.48 bits per heavy atom. The molecule has 1 saturated carbocycles. The number of amides is 1. The lowest BCUT2D eigenvalue weighted by molar-refractivity contribution is -0.127. The lowest BCUT2D eigenvalue weighted by Crippen LogP contribution is -2.53. The van der Waals surface area contributed by atoms with Crippen molar-refractivity contribution in [3.63, 3.8) is 0 Å². The van der Waals surface area contributed by atoms with E-state index in [9.17, 15) is 4.79 Å². The summed E-state index contributed by atoms with van der Waals surface area (Å²) in [6.45, 7) is 6.00. The van der Waals surface area contributed by atoms with E-state index in [-0.39, 0.29) is 23.9 Å². The minimum absolute atomic E-state index is 0.0888. The van der Waals surface area contributed by atoms with Crippen molar-refractivity contribution in [3.8, 4) is 5.75 Å². The number of hydrogen-bond donors (Lipinski definition) is 1. The fourth-order valence-electron chi connectivity index (χ4n) is 5.12. The van der Waals surface area contributed by atoms with Gasteiger partial charge in [0.05, 0.1) is 18.8 Å². The predicted molar refractivity (Wildman–Crippen MR) is 128 cm³/mol. The molecule has 2 aromatic rings. The van der Waals surface area contributed by atoms with Crippen LogP contribution in [0.4, 0.5) is 5.69 Å². The van der Waals surface area contributed by atoms with Gasteiger partial charge in [0.25, 0.3) is 0 Å². The Morgan fingerprint density at radius 1 is 1.06 bits per heavy atom. The number of rotatable bonds is 7. The summed E-state index contributed by atoms with van der Waals surface area (Å²) in [4.78, 5) is 19.2. The molecule has 5 nitrogen and oxygen atoms in total. The van der Waals surface area contributed by atoms with Crippen molar-refractivity contribution in [2.75, 3.05) is 38.2 Å². The van der Waals surface area contributed by atoms with Crippen LogP contribution in [0.25, 0.3) is 0 Å². The van der Waals surface area contributed by atoms with Gasteiger partial charge in [-0.2, -0.15) is 0 Å². The second-order valence-corrected chi connectivity index (χ2v) is 9.77. The molecule has 1 aliphatic carbocycles. The molecular formula is C25H35N3O2S. The van der Waals surface area contributed by atoms with Crippen molar-refractivity contribution in [2.45, 2.75) is 51.1 Å². The van der Waals surface area contributed by atoms with Crippen molar-refractivity contribution >= 4 is 22.9 Å². The zero-order valence-electron chi connectivity index (χ0n) is 18.8. The first-order valence-corrected chi connectivity index (χ1v) is 12.5. The van der Waals surface area contributed by atoms with E-state index in [1.54, 1.807) is 18.4 Å². The lowest BCUT2D eigenvalue weighted by atomic mass is 9.88. The molecule has 2 fully saturated rings. The van der Waals surface area contributed by atoms with Crippen molar-refractivity contribution in [3.05, 3.63) is 46.7 Å². The van der Waals surface area contributed by atoms with E-state index in [1.807, 2.05) is 12.1 Å². The van der Waals surface area contributed by atoms with Crippen LogP contribution in [0.5, 0.6) is 5.75 Å². The quantitative estimate of drug-likeness (QED) is 0.676. The SMILES string of the molecule is COc1ccccc1N1CCN([C@@H](c2cccs2)[C@H](C)NC(=O)C2CCCCC2)CC1. The number of carbonyl (C=O) groups is 1. The maximum atomic E-state index is 12.9. The third-order valence-electron chi connectivity index (χ3n) is 6.79. The molecule has 1 aromatic heterocycles. The van der Waals surface area contributed by atoms with Gasteiger partial charge in [-0.1, -0.05) is 37.5 Å². The van der Waals surface area contributed by atoms with E-state index in [0.29, 0.717) is 0 Å². The summed E-state index contributed by atoms with van der Waals surface area (Å²) in [5.74, 6) is 1.38. The van der Waals surface area contributed by atoms with Crippen LogP contribution < -0.4 is 15.0 Å². The van der Waals surface area contributed by atoms with Crippen LogP contribution in [0.15, 0.2) is 41.8 Å². The summed E-state index contributed by atoms with van der Waals surface area (Å²) in [7, 11) is 1.73. The number of nitrogens with one attached hydrogen (secondary N) is 1. The van der Waals surface area contributed by atoms with Crippen LogP contribution in [0.2, 0.25) is 0 Å². The third kappa shape index (κ3) is 5.24. The molecule has 168 valence electrons. The van der Waals surface area contributed by atoms with Gasteiger partial charge in [0.15, 0.2) is 0 Å². The minimum atomic E-state index is 0.0888. The lowest BCUT2D eigenvalue weighted by Gasteiger charge is -2.42. The first-order valence-electron chi connectivity index (χ1n) is 11.6. The number of methoxy groups -OCH3 is 1. The fourth-order valence-corrected chi connectivity index (χ4v) is 6.08. The van der Waals surface area contributed by atoms with Gasteiger partial charge >= 0.3 is 0 Å². The maximum absolute atomic E-state index is 12.9. The maximum Gasteiger partial charge on any atom is 0.223 e. The molecule has 1 amide bonds. The normalized spacial score (nSPS) is 20.3. The molecule has 1 aromatic carbocycles. The van der Waals surface area contributed by atoms with Crippen molar-refractivity contribution < 1.29 is 9.53 Å². The van der Waals surface area contributed by atoms with Gasteiger partial charge in [-0.05, 0) is 43.3 Å². The molecule has 0 bridgehead atoms. The monoisotopic (exact) mass is 441 g/mol. The first-order chi connectivity index (χ1) is 15.2. The number of ether oxygens (including phenoxy) is 1. The van der Waals surface area contributed by atoms with Gasteiger partial charge in [0, 0.05) is 43.0 Å². The van der Waals surface area contributed by atoms with Crippen molar-refractivity contribution in [1.29, 1.82) is 0 Å². The van der Waals surface area contributed by atoms with Crippen LogP contribution in [0.3, 0.4) is 0 Å². The average Bonchev–Trinajstić information content (AvgIpc) is 3.34. The number of thiophene rings is 1. The Hall–Kier alpha value is -2.05. The number of nitrogens with zero attached hydrogens (tertiary/aromatic N) is 2. The number of para-hydroxylation sites is 2. The molecule has 2 atom stereocenters. The average molecular weight is 442 g/mol. The van der Waals surface area contributed by atoms with E-state index in [0.717, 1.165) is 50.5 Å². The van der Waals surface area contributed by atoms with E-state index in [1.165, 1.54) is 24.1 Å². The molecular weight excluding hydrogens is 406 g/mol. The Kier molecular flexibility index (Phi) is 7.51. The summed E-state index contributed by atoms with van der Waals surface area (Å²) >= 11 is 1.79. The van der Waals surface area contributed by atoms with Crippen LogP contribution in [0, 0.1) is 5.92 Å². The van der Waals surface area contributed by atoms with Gasteiger partial charge in [0.1, 0.15) is 5.75 Å². The number of hydrogen-bond acceptors (Lipinski definition) is 5. The summed E-state index contributed by atoms with van der Waals surface area (Å²) in [6, 6.07) is 12.9. The van der Waals surface area contributed by atoms with Gasteiger partial charge in [-0.3, -0.25) is 9.69 Å². The van der Waals surface area contributed by atoms with E-state index >= 15 is 0 Å². The summed E-state index contributed by atoms with van der Waals surface area (Å²) in [5.41, 5.74) is 1.16. The second kappa shape index (κ2) is 10.5. The van der Waals surface area contributed by atoms with Gasteiger partial charge in [-0.15, -0.1) is 11.3 Å². The Morgan fingerprint density at radius 2 is 1.81 bits per heavy atom. The highest BCUT2D eigenvalue weighted by molar-refractivity contribution is 7.10. The molecule has 2 aliphatic rings. The van der Waals surface area contributed by atoms with Crippen molar-refractivity contribution in [1.82, 2.24) is 10.2 Å². The van der Waals surface area contributed by atoms with E-state index in [4.69, 9.17) is 4.74 Å². The fraction of sp³-hybridized carbons (Fsp3) is 0.560. The number of piperazine rings is 1. The highest BCUT2D eigenvalue weighted by atomic mass is 32.1. The van der Waals surface area contributed by atoms with E-state index < -0.39 is 0 Å². The molecule has 0 unspecified atom stereocenters. The highest BCUT2D eigenvalue weighted by Gasteiger charge is 2.32. The summed E-state index contributed by atoms with van der Waals surface area (Å²) in [5, 5.41) is 5.53. The molecule has 4 rings (SSSR count). The molecule has 31 heavy (non-hydrogen) atoms. The molecule has 1 aliphatic heterocycles. The number of carbonyl (C=O) groups excluding carboxylic acids is 1. The molecule has 2 heterocycles. The smallest absolute Gasteiger partial charge is 0.223 e. The molecule has 0 radical (unpaired) electrons. The highest BCUT2D eigenvalue weighted by Crippen LogP contribution is 2.33. The van der Waals surface area contributed by atoms with Gasteiger partial charge in [0.2, 0.25) is 5.91 Å². The zero-order valence-corrected chi connectivity index (χ0v) is 19.6. The molecule has 1 N–H and O–H groups in total. The third-order valence-corrected chi connectivity index (χ3v) is 7.73. The van der Waals surface area contributed by atoms with E-state index in [2.05, 4.69) is 51.7 Å². The number of anilines is 1. The Balaban J connectivity index is 1.43. The van der Waals surface area contributed by atoms with Gasteiger partial charge < -0.3 is 15.0 Å². The van der Waals surface area contributed by atoms with Crippen molar-refractivity contribution in [2.24, 2.45) is 5.92 Å². The zero-order chi connectivity index (χ0) is 21.6.